The van der Waals surface area contributed by atoms with Gasteiger partial charge in [-0.3, -0.25) is 9.78 Å². The minimum Gasteiger partial charge on any atom is -0.453 e. The van der Waals surface area contributed by atoms with Gasteiger partial charge in [0.2, 0.25) is 0 Å². The Morgan fingerprint density at radius 2 is 2.07 bits per heavy atom. The van der Waals surface area contributed by atoms with Gasteiger partial charge in [-0.25, -0.2) is 4.98 Å². The number of aliphatic hydroxyl groups is 1. The molecule has 1 fully saturated rings. The van der Waals surface area contributed by atoms with Crippen molar-refractivity contribution in [3.8, 4) is 0 Å². The van der Waals surface area contributed by atoms with Crippen LogP contribution in [0.1, 0.15) is 46.5 Å². The molecule has 4 rings (SSSR count). The monoisotopic (exact) mass is 366 g/mol. The van der Waals surface area contributed by atoms with Crippen molar-refractivity contribution in [2.45, 2.75) is 31.9 Å². The first-order valence-electron chi connectivity index (χ1n) is 9.13. The van der Waals surface area contributed by atoms with Gasteiger partial charge in [0.05, 0.1) is 0 Å². The Morgan fingerprint density at radius 3 is 2.85 bits per heavy atom. The molecule has 1 aliphatic heterocycles. The fraction of sp³-hybridized carbons (Fsp3) is 0.350. The van der Waals surface area contributed by atoms with Crippen molar-refractivity contribution in [3.63, 3.8) is 0 Å². The number of furan rings is 1. The van der Waals surface area contributed by atoms with Crippen LogP contribution in [0.3, 0.4) is 0 Å². The first-order chi connectivity index (χ1) is 13.2. The number of nitrogens with zero attached hydrogens (tertiary/aromatic N) is 4. The smallest absolute Gasteiger partial charge is 0.289 e. The Hall–Kier alpha value is -2.93. The average molecular weight is 366 g/mol. The summed E-state index contributed by atoms with van der Waals surface area (Å²) in [6, 6.07) is 7.25. The fourth-order valence-electron chi connectivity index (χ4n) is 3.61. The first kappa shape index (κ1) is 17.5. The maximum atomic E-state index is 12.7. The number of pyridine rings is 1. The van der Waals surface area contributed by atoms with Crippen LogP contribution in [0.5, 0.6) is 0 Å². The predicted molar refractivity (Wildman–Crippen MR) is 98.1 cm³/mol. The number of imidazole rings is 1. The van der Waals surface area contributed by atoms with Gasteiger partial charge in [0, 0.05) is 50.3 Å². The molecule has 1 unspecified atom stereocenters. The van der Waals surface area contributed by atoms with Crippen molar-refractivity contribution in [1.82, 2.24) is 19.4 Å². The second-order valence-corrected chi connectivity index (χ2v) is 6.78. The highest BCUT2D eigenvalue weighted by Crippen LogP contribution is 2.27. The van der Waals surface area contributed by atoms with Crippen LogP contribution in [-0.2, 0) is 13.2 Å². The molecule has 1 saturated heterocycles. The average Bonchev–Trinajstić information content (AvgIpc) is 3.38. The van der Waals surface area contributed by atoms with Crippen LogP contribution in [0, 0.1) is 0 Å². The number of rotatable bonds is 5. The number of piperidine rings is 1. The van der Waals surface area contributed by atoms with Gasteiger partial charge in [0.1, 0.15) is 18.2 Å². The molecule has 4 heterocycles. The molecule has 3 aromatic rings. The highest BCUT2D eigenvalue weighted by Gasteiger charge is 2.29. The molecule has 0 bridgehead atoms. The van der Waals surface area contributed by atoms with Crippen molar-refractivity contribution in [2.75, 3.05) is 13.1 Å². The van der Waals surface area contributed by atoms with Crippen molar-refractivity contribution < 1.29 is 14.3 Å². The lowest BCUT2D eigenvalue weighted by Crippen LogP contribution is -2.39. The first-order valence-corrected chi connectivity index (χ1v) is 9.13. The lowest BCUT2D eigenvalue weighted by molar-refractivity contribution is 0.0666. The SMILES string of the molecule is O=C(c1ccc(CO)o1)N1CCCC(c2nccn2Cc2ccncc2)C1. The third-order valence-corrected chi connectivity index (χ3v) is 4.95. The molecular weight excluding hydrogens is 344 g/mol. The molecule has 7 nitrogen and oxygen atoms in total. The fourth-order valence-corrected chi connectivity index (χ4v) is 3.61. The molecular formula is C20H22N4O3. The van der Waals surface area contributed by atoms with Gasteiger partial charge in [-0.1, -0.05) is 0 Å². The van der Waals surface area contributed by atoms with Crippen molar-refractivity contribution >= 4 is 5.91 Å². The van der Waals surface area contributed by atoms with Crippen LogP contribution in [0.15, 0.2) is 53.5 Å². The van der Waals surface area contributed by atoms with E-state index in [1.165, 1.54) is 5.56 Å². The summed E-state index contributed by atoms with van der Waals surface area (Å²) < 4.78 is 7.55. The summed E-state index contributed by atoms with van der Waals surface area (Å²) in [4.78, 5) is 23.2. The van der Waals surface area contributed by atoms with Crippen molar-refractivity contribution in [3.05, 3.63) is 72.0 Å². The molecule has 27 heavy (non-hydrogen) atoms. The van der Waals surface area contributed by atoms with E-state index in [9.17, 15) is 4.79 Å². The second-order valence-electron chi connectivity index (χ2n) is 6.78. The highest BCUT2D eigenvalue weighted by molar-refractivity contribution is 5.91. The Bertz CT molecular complexity index is 903. The minimum atomic E-state index is -0.206. The standard InChI is InChI=1S/C20H22N4O3/c25-14-17-3-4-18(27-17)20(26)24-10-1-2-16(13-24)19-22-9-11-23(19)12-15-5-7-21-8-6-15/h3-9,11,16,25H,1-2,10,12-14H2. The van der Waals surface area contributed by atoms with Crippen LogP contribution in [0.25, 0.3) is 0 Å². The minimum absolute atomic E-state index is 0.133. The van der Waals surface area contributed by atoms with E-state index >= 15 is 0 Å². The Labute approximate surface area is 157 Å². The third kappa shape index (κ3) is 3.78. The van der Waals surface area contributed by atoms with Gasteiger partial charge < -0.3 is 19.0 Å². The summed E-state index contributed by atoms with van der Waals surface area (Å²) in [7, 11) is 0. The summed E-state index contributed by atoms with van der Waals surface area (Å²) in [5.41, 5.74) is 1.17. The number of hydrogen-bond acceptors (Lipinski definition) is 5. The Morgan fingerprint density at radius 1 is 1.22 bits per heavy atom. The third-order valence-electron chi connectivity index (χ3n) is 4.95. The molecule has 0 radical (unpaired) electrons. The molecule has 1 amide bonds. The van der Waals surface area contributed by atoms with Crippen molar-refractivity contribution in [1.29, 1.82) is 0 Å². The lowest BCUT2D eigenvalue weighted by Gasteiger charge is -2.32. The van der Waals surface area contributed by atoms with Gasteiger partial charge in [-0.05, 0) is 42.7 Å². The van der Waals surface area contributed by atoms with Crippen LogP contribution in [0.4, 0.5) is 0 Å². The molecule has 0 aromatic carbocycles. The van der Waals surface area contributed by atoms with E-state index in [2.05, 4.69) is 14.5 Å². The number of amides is 1. The summed E-state index contributed by atoms with van der Waals surface area (Å²) in [5, 5.41) is 9.13. The zero-order valence-corrected chi connectivity index (χ0v) is 15.0. The van der Waals surface area contributed by atoms with Crippen LogP contribution in [-0.4, -0.2) is 43.5 Å². The van der Waals surface area contributed by atoms with E-state index in [1.807, 2.05) is 29.4 Å². The predicted octanol–water partition coefficient (Wildman–Crippen LogP) is 2.43. The highest BCUT2D eigenvalue weighted by atomic mass is 16.4. The summed E-state index contributed by atoms with van der Waals surface area (Å²) in [5.74, 6) is 1.73. The van der Waals surface area contributed by atoms with E-state index in [4.69, 9.17) is 9.52 Å². The van der Waals surface area contributed by atoms with E-state index in [0.29, 0.717) is 18.8 Å². The van der Waals surface area contributed by atoms with Gasteiger partial charge in [0.25, 0.3) is 5.91 Å². The molecule has 0 saturated carbocycles. The van der Waals surface area contributed by atoms with Gasteiger partial charge in [-0.2, -0.15) is 0 Å². The normalized spacial score (nSPS) is 17.2. The molecule has 3 aromatic heterocycles. The topological polar surface area (TPSA) is 84.4 Å². The zero-order chi connectivity index (χ0) is 18.6. The van der Waals surface area contributed by atoms with Gasteiger partial charge in [-0.15, -0.1) is 0 Å². The maximum absolute atomic E-state index is 12.7. The quantitative estimate of drug-likeness (QED) is 0.750. The van der Waals surface area contributed by atoms with E-state index in [0.717, 1.165) is 25.2 Å². The molecule has 0 spiro atoms. The molecule has 1 atom stereocenters. The van der Waals surface area contributed by atoms with E-state index in [-0.39, 0.29) is 24.2 Å². The number of carbonyl (C=O) groups is 1. The lowest BCUT2D eigenvalue weighted by atomic mass is 9.96. The van der Waals surface area contributed by atoms with E-state index < -0.39 is 0 Å². The van der Waals surface area contributed by atoms with Gasteiger partial charge in [0.15, 0.2) is 5.76 Å². The number of aliphatic hydroxyl groups excluding tert-OH is 1. The van der Waals surface area contributed by atoms with Crippen LogP contribution < -0.4 is 0 Å². The summed E-state index contributed by atoms with van der Waals surface area (Å²) in [6.45, 7) is 1.85. The molecule has 1 N–H and O–H groups in total. The maximum Gasteiger partial charge on any atom is 0.289 e. The van der Waals surface area contributed by atoms with Crippen LogP contribution >= 0.6 is 0 Å². The molecule has 7 heteroatoms. The van der Waals surface area contributed by atoms with E-state index in [1.54, 1.807) is 24.5 Å². The zero-order valence-electron chi connectivity index (χ0n) is 15.0. The summed E-state index contributed by atoms with van der Waals surface area (Å²) in [6.07, 6.45) is 9.30. The molecule has 0 aliphatic carbocycles. The number of aromatic nitrogens is 3. The largest absolute Gasteiger partial charge is 0.453 e. The second kappa shape index (κ2) is 7.75. The van der Waals surface area contributed by atoms with Gasteiger partial charge >= 0.3 is 0 Å². The molecule has 1 aliphatic rings. The summed E-state index contributed by atoms with van der Waals surface area (Å²) >= 11 is 0. The number of likely N-dealkylation sites (tertiary alicyclic amines) is 1. The number of carbonyl (C=O) groups excluding carboxylic acids is 1. The Kier molecular flexibility index (Phi) is 5.02. The molecule has 140 valence electrons. The Balaban J connectivity index is 1.49. The van der Waals surface area contributed by atoms with Crippen molar-refractivity contribution in [2.24, 2.45) is 0 Å². The van der Waals surface area contributed by atoms with Crippen LogP contribution in [0.2, 0.25) is 0 Å². The number of hydrogen-bond donors (Lipinski definition) is 1.